The molecule has 1 aromatic rings. The molecule has 1 N–H and O–H groups in total. The van der Waals surface area contributed by atoms with Gasteiger partial charge < -0.3 is 9.73 Å². The normalized spacial score (nSPS) is 31.0. The van der Waals surface area contributed by atoms with Crippen LogP contribution in [0.4, 0.5) is 0 Å². The van der Waals surface area contributed by atoms with Crippen LogP contribution in [0.15, 0.2) is 10.5 Å². The van der Waals surface area contributed by atoms with Crippen molar-refractivity contribution < 1.29 is 4.42 Å². The van der Waals surface area contributed by atoms with Crippen molar-refractivity contribution in [2.75, 3.05) is 6.54 Å². The molecule has 2 heteroatoms. The Labute approximate surface area is 117 Å². The number of aryl methyl sites for hydroxylation is 2. The van der Waals surface area contributed by atoms with Crippen molar-refractivity contribution >= 4 is 0 Å². The summed E-state index contributed by atoms with van der Waals surface area (Å²) in [5.41, 5.74) is 1.42. The Morgan fingerprint density at radius 3 is 2.68 bits per heavy atom. The highest BCUT2D eigenvalue weighted by molar-refractivity contribution is 5.25. The molecule has 0 aromatic carbocycles. The Bertz CT molecular complexity index is 436. The third-order valence-electron chi connectivity index (χ3n) is 5.25. The van der Waals surface area contributed by atoms with E-state index in [-0.39, 0.29) is 0 Å². The van der Waals surface area contributed by atoms with Crippen LogP contribution in [0, 0.1) is 31.6 Å². The predicted molar refractivity (Wildman–Crippen MR) is 78.2 cm³/mol. The van der Waals surface area contributed by atoms with Gasteiger partial charge in [-0.3, -0.25) is 0 Å². The van der Waals surface area contributed by atoms with Gasteiger partial charge in [-0.05, 0) is 69.9 Å². The van der Waals surface area contributed by atoms with E-state index in [9.17, 15) is 0 Å². The van der Waals surface area contributed by atoms with Gasteiger partial charge in [0.2, 0.25) is 0 Å². The summed E-state index contributed by atoms with van der Waals surface area (Å²) in [4.78, 5) is 0. The highest BCUT2D eigenvalue weighted by Gasteiger charge is 2.43. The summed E-state index contributed by atoms with van der Waals surface area (Å²) >= 11 is 0. The molecule has 2 aliphatic rings. The fourth-order valence-electron chi connectivity index (χ4n) is 4.45. The minimum Gasteiger partial charge on any atom is -0.466 e. The lowest BCUT2D eigenvalue weighted by Crippen LogP contribution is -2.32. The Balaban J connectivity index is 1.83. The predicted octanol–water partition coefficient (Wildman–Crippen LogP) is 4.37. The van der Waals surface area contributed by atoms with Crippen LogP contribution in [0.1, 0.15) is 62.2 Å². The molecule has 2 saturated carbocycles. The lowest BCUT2D eigenvalue weighted by Gasteiger charge is -2.31. The summed E-state index contributed by atoms with van der Waals surface area (Å²) in [6, 6.07) is 2.78. The molecule has 106 valence electrons. The fraction of sp³-hybridized carbons (Fsp3) is 0.765. The van der Waals surface area contributed by atoms with Crippen molar-refractivity contribution in [2.24, 2.45) is 17.8 Å². The van der Waals surface area contributed by atoms with Crippen molar-refractivity contribution in [1.82, 2.24) is 5.32 Å². The van der Waals surface area contributed by atoms with E-state index in [1.165, 1.54) is 37.7 Å². The van der Waals surface area contributed by atoms with Crippen LogP contribution in [0.2, 0.25) is 0 Å². The smallest absolute Gasteiger partial charge is 0.105 e. The van der Waals surface area contributed by atoms with Crippen molar-refractivity contribution in [2.45, 2.75) is 58.9 Å². The molecule has 3 rings (SSSR count). The van der Waals surface area contributed by atoms with Crippen molar-refractivity contribution in [1.29, 1.82) is 0 Å². The van der Waals surface area contributed by atoms with Gasteiger partial charge >= 0.3 is 0 Å². The number of hydrogen-bond donors (Lipinski definition) is 1. The van der Waals surface area contributed by atoms with Crippen LogP contribution < -0.4 is 5.32 Å². The summed E-state index contributed by atoms with van der Waals surface area (Å²) in [5.74, 6) is 4.97. The molecule has 4 unspecified atom stereocenters. The van der Waals surface area contributed by atoms with E-state index in [4.69, 9.17) is 4.42 Å². The first kappa shape index (κ1) is 13.2. The first-order valence-corrected chi connectivity index (χ1v) is 7.99. The van der Waals surface area contributed by atoms with Gasteiger partial charge in [0.05, 0.1) is 0 Å². The quantitative estimate of drug-likeness (QED) is 0.851. The second-order valence-corrected chi connectivity index (χ2v) is 6.64. The molecule has 4 atom stereocenters. The van der Waals surface area contributed by atoms with E-state index < -0.39 is 0 Å². The zero-order chi connectivity index (χ0) is 13.4. The molecule has 0 aliphatic heterocycles. The van der Waals surface area contributed by atoms with Gasteiger partial charge in [0, 0.05) is 11.6 Å². The van der Waals surface area contributed by atoms with E-state index in [0.717, 1.165) is 35.8 Å². The molecule has 0 spiro atoms. The maximum Gasteiger partial charge on any atom is 0.105 e. The second-order valence-electron chi connectivity index (χ2n) is 6.64. The number of rotatable bonds is 5. The summed E-state index contributed by atoms with van der Waals surface area (Å²) in [6.07, 6.45) is 7.04. The molecule has 1 heterocycles. The number of furan rings is 1. The van der Waals surface area contributed by atoms with Crippen LogP contribution in [0.25, 0.3) is 0 Å². The average molecular weight is 261 g/mol. The lowest BCUT2D eigenvalue weighted by atomic mass is 9.80. The zero-order valence-electron chi connectivity index (χ0n) is 12.5. The molecular formula is C17H27NO. The third-order valence-corrected chi connectivity index (χ3v) is 5.25. The van der Waals surface area contributed by atoms with Gasteiger partial charge in [-0.25, -0.2) is 0 Å². The molecule has 0 amide bonds. The fourth-order valence-corrected chi connectivity index (χ4v) is 4.45. The SMILES string of the molecule is CCCNC(c1cc(C)oc1C)C1CC2CCC1C2. The maximum absolute atomic E-state index is 5.78. The minimum atomic E-state index is 0.521. The Hall–Kier alpha value is -0.760. The van der Waals surface area contributed by atoms with Gasteiger partial charge in [0.15, 0.2) is 0 Å². The highest BCUT2D eigenvalue weighted by Crippen LogP contribution is 2.53. The van der Waals surface area contributed by atoms with Crippen LogP contribution in [-0.4, -0.2) is 6.54 Å². The zero-order valence-corrected chi connectivity index (χ0v) is 12.5. The number of hydrogen-bond acceptors (Lipinski definition) is 2. The highest BCUT2D eigenvalue weighted by atomic mass is 16.3. The van der Waals surface area contributed by atoms with Gasteiger partial charge in [0.25, 0.3) is 0 Å². The van der Waals surface area contributed by atoms with Gasteiger partial charge in [-0.2, -0.15) is 0 Å². The first-order chi connectivity index (χ1) is 9.19. The molecular weight excluding hydrogens is 234 g/mol. The molecule has 19 heavy (non-hydrogen) atoms. The van der Waals surface area contributed by atoms with Gasteiger partial charge in [-0.15, -0.1) is 0 Å². The molecule has 1 aromatic heterocycles. The standard InChI is InChI=1S/C17H27NO/c1-4-7-18-17(15-8-11(2)19-12(15)3)16-10-13-5-6-14(16)9-13/h8,13-14,16-18H,4-7,9-10H2,1-3H3. The summed E-state index contributed by atoms with van der Waals surface area (Å²) in [7, 11) is 0. The topological polar surface area (TPSA) is 25.2 Å². The Kier molecular flexibility index (Phi) is 3.70. The van der Waals surface area contributed by atoms with Crippen LogP contribution >= 0.6 is 0 Å². The van der Waals surface area contributed by atoms with Crippen molar-refractivity contribution in [3.8, 4) is 0 Å². The largest absolute Gasteiger partial charge is 0.466 e. The molecule has 2 bridgehead atoms. The summed E-state index contributed by atoms with van der Waals surface area (Å²) in [6.45, 7) is 7.55. The van der Waals surface area contributed by atoms with Crippen LogP contribution in [-0.2, 0) is 0 Å². The van der Waals surface area contributed by atoms with E-state index in [1.54, 1.807) is 0 Å². The van der Waals surface area contributed by atoms with Crippen molar-refractivity contribution in [3.63, 3.8) is 0 Å². The maximum atomic E-state index is 5.78. The van der Waals surface area contributed by atoms with E-state index in [2.05, 4.69) is 32.2 Å². The van der Waals surface area contributed by atoms with Crippen LogP contribution in [0.3, 0.4) is 0 Å². The van der Waals surface area contributed by atoms with Gasteiger partial charge in [-0.1, -0.05) is 13.3 Å². The Morgan fingerprint density at radius 2 is 2.16 bits per heavy atom. The average Bonchev–Trinajstić information content (AvgIpc) is 3.06. The third kappa shape index (κ3) is 2.47. The van der Waals surface area contributed by atoms with Crippen LogP contribution in [0.5, 0.6) is 0 Å². The molecule has 0 saturated heterocycles. The van der Waals surface area contributed by atoms with E-state index >= 15 is 0 Å². The minimum absolute atomic E-state index is 0.521. The lowest BCUT2D eigenvalue weighted by molar-refractivity contribution is 0.249. The summed E-state index contributed by atoms with van der Waals surface area (Å²) < 4.78 is 5.78. The Morgan fingerprint density at radius 1 is 1.32 bits per heavy atom. The molecule has 0 radical (unpaired) electrons. The molecule has 2 aliphatic carbocycles. The second kappa shape index (κ2) is 5.32. The molecule has 2 nitrogen and oxygen atoms in total. The molecule has 2 fully saturated rings. The van der Waals surface area contributed by atoms with Gasteiger partial charge in [0.1, 0.15) is 11.5 Å². The van der Waals surface area contributed by atoms with E-state index in [1.807, 2.05) is 0 Å². The summed E-state index contributed by atoms with van der Waals surface area (Å²) in [5, 5.41) is 3.81. The van der Waals surface area contributed by atoms with Crippen molar-refractivity contribution in [3.05, 3.63) is 23.2 Å². The monoisotopic (exact) mass is 261 g/mol. The number of nitrogens with one attached hydrogen (secondary N) is 1. The first-order valence-electron chi connectivity index (χ1n) is 7.99. The number of fused-ring (bicyclic) bond motifs is 2. The van der Waals surface area contributed by atoms with E-state index in [0.29, 0.717) is 6.04 Å².